The number of pyridine rings is 1. The fourth-order valence-corrected chi connectivity index (χ4v) is 4.15. The summed E-state index contributed by atoms with van der Waals surface area (Å²) in [6, 6.07) is 12.0. The van der Waals surface area contributed by atoms with Crippen molar-refractivity contribution in [2.45, 2.75) is 24.0 Å². The third-order valence-electron chi connectivity index (χ3n) is 4.30. The van der Waals surface area contributed by atoms with Gasteiger partial charge in [0.15, 0.2) is 0 Å². The zero-order chi connectivity index (χ0) is 20.1. The van der Waals surface area contributed by atoms with E-state index in [0.717, 1.165) is 10.8 Å². The third-order valence-corrected chi connectivity index (χ3v) is 5.89. The van der Waals surface area contributed by atoms with Crippen LogP contribution in [-0.4, -0.2) is 37.6 Å². The molecule has 3 aromatic rings. The van der Waals surface area contributed by atoms with Crippen molar-refractivity contribution in [1.82, 2.24) is 15.0 Å². The molecule has 0 aliphatic carbocycles. The van der Waals surface area contributed by atoms with E-state index < -0.39 is 28.0 Å². The van der Waals surface area contributed by atoms with Crippen molar-refractivity contribution in [1.29, 1.82) is 0 Å². The standard InChI is InChI=1S/C20H22FN3O3S/c1-14(11-23-13-20(25)16-3-2-4-18(21)9-16)24-28(26,27)19-6-5-17-12-22-8-7-15(17)10-19/h2-10,12,14,20,23-25H,11,13H2,1H3/t14-,20?/m1/s1. The number of halogens is 1. The predicted octanol–water partition coefficient (Wildman–Crippen LogP) is 2.36. The van der Waals surface area contributed by atoms with E-state index in [-0.39, 0.29) is 11.4 Å². The number of benzene rings is 2. The van der Waals surface area contributed by atoms with Crippen LogP contribution in [0.2, 0.25) is 0 Å². The second-order valence-corrected chi connectivity index (χ2v) is 8.35. The molecule has 2 aromatic carbocycles. The first-order valence-electron chi connectivity index (χ1n) is 8.85. The summed E-state index contributed by atoms with van der Waals surface area (Å²) in [6.45, 7) is 2.21. The third kappa shape index (κ3) is 5.11. The van der Waals surface area contributed by atoms with Crippen LogP contribution in [0, 0.1) is 5.82 Å². The number of nitrogens with zero attached hydrogens (tertiary/aromatic N) is 1. The topological polar surface area (TPSA) is 91.3 Å². The van der Waals surface area contributed by atoms with Gasteiger partial charge in [0.2, 0.25) is 10.0 Å². The maximum absolute atomic E-state index is 13.2. The number of fused-ring (bicyclic) bond motifs is 1. The Morgan fingerprint density at radius 1 is 1.11 bits per heavy atom. The second-order valence-electron chi connectivity index (χ2n) is 6.64. The molecular formula is C20H22FN3O3S. The predicted molar refractivity (Wildman–Crippen MR) is 106 cm³/mol. The Morgan fingerprint density at radius 2 is 1.93 bits per heavy atom. The lowest BCUT2D eigenvalue weighted by Crippen LogP contribution is -2.40. The van der Waals surface area contributed by atoms with Crippen LogP contribution in [0.4, 0.5) is 4.39 Å². The summed E-state index contributed by atoms with van der Waals surface area (Å²) in [5.74, 6) is -0.413. The minimum absolute atomic E-state index is 0.179. The summed E-state index contributed by atoms with van der Waals surface area (Å²) >= 11 is 0. The summed E-state index contributed by atoms with van der Waals surface area (Å²) in [4.78, 5) is 4.19. The molecule has 28 heavy (non-hydrogen) atoms. The van der Waals surface area contributed by atoms with Crippen molar-refractivity contribution in [3.8, 4) is 0 Å². The highest BCUT2D eigenvalue weighted by atomic mass is 32.2. The molecule has 2 atom stereocenters. The number of aliphatic hydroxyl groups excluding tert-OH is 1. The first-order chi connectivity index (χ1) is 13.3. The highest BCUT2D eigenvalue weighted by Crippen LogP contribution is 2.18. The van der Waals surface area contributed by atoms with Gasteiger partial charge in [0.1, 0.15) is 5.82 Å². The lowest BCUT2D eigenvalue weighted by Gasteiger charge is -2.17. The average molecular weight is 403 g/mol. The molecule has 0 saturated heterocycles. The van der Waals surface area contributed by atoms with Crippen LogP contribution < -0.4 is 10.0 Å². The summed E-state index contributed by atoms with van der Waals surface area (Å²) in [5.41, 5.74) is 0.464. The molecule has 0 aliphatic heterocycles. The van der Waals surface area contributed by atoms with E-state index >= 15 is 0 Å². The van der Waals surface area contributed by atoms with E-state index in [9.17, 15) is 17.9 Å². The lowest BCUT2D eigenvalue weighted by atomic mass is 10.1. The molecule has 0 bridgehead atoms. The Hall–Kier alpha value is -2.39. The Balaban J connectivity index is 1.56. The molecule has 3 N–H and O–H groups in total. The lowest BCUT2D eigenvalue weighted by molar-refractivity contribution is 0.174. The molecule has 0 aliphatic rings. The highest BCUT2D eigenvalue weighted by Gasteiger charge is 2.18. The van der Waals surface area contributed by atoms with Crippen molar-refractivity contribution in [2.75, 3.05) is 13.1 Å². The van der Waals surface area contributed by atoms with Gasteiger partial charge < -0.3 is 10.4 Å². The number of nitrogens with one attached hydrogen (secondary N) is 2. The van der Waals surface area contributed by atoms with Crippen molar-refractivity contribution >= 4 is 20.8 Å². The van der Waals surface area contributed by atoms with E-state index in [4.69, 9.17) is 0 Å². The molecule has 1 unspecified atom stereocenters. The fraction of sp³-hybridized carbons (Fsp3) is 0.250. The molecule has 0 spiro atoms. The van der Waals surface area contributed by atoms with E-state index in [0.29, 0.717) is 12.1 Å². The maximum atomic E-state index is 13.2. The SMILES string of the molecule is C[C@H](CNCC(O)c1cccc(F)c1)NS(=O)(=O)c1ccc2cnccc2c1. The summed E-state index contributed by atoms with van der Waals surface area (Å²) in [6.07, 6.45) is 2.41. The molecule has 0 radical (unpaired) electrons. The molecule has 1 heterocycles. The van der Waals surface area contributed by atoms with Gasteiger partial charge in [-0.25, -0.2) is 17.5 Å². The van der Waals surface area contributed by atoms with Crippen LogP contribution in [0.1, 0.15) is 18.6 Å². The van der Waals surface area contributed by atoms with E-state index in [2.05, 4.69) is 15.0 Å². The molecular weight excluding hydrogens is 381 g/mol. The molecule has 0 fully saturated rings. The number of aliphatic hydroxyl groups is 1. The smallest absolute Gasteiger partial charge is 0.240 e. The van der Waals surface area contributed by atoms with Gasteiger partial charge in [-0.3, -0.25) is 4.98 Å². The first kappa shape index (κ1) is 20.3. The van der Waals surface area contributed by atoms with Gasteiger partial charge in [-0.2, -0.15) is 0 Å². The van der Waals surface area contributed by atoms with E-state index in [1.54, 1.807) is 49.6 Å². The molecule has 0 amide bonds. The maximum Gasteiger partial charge on any atom is 0.240 e. The first-order valence-corrected chi connectivity index (χ1v) is 10.3. The van der Waals surface area contributed by atoms with Crippen molar-refractivity contribution < 1.29 is 17.9 Å². The minimum Gasteiger partial charge on any atom is -0.387 e. The molecule has 6 nitrogen and oxygen atoms in total. The number of hydrogen-bond acceptors (Lipinski definition) is 5. The number of sulfonamides is 1. The van der Waals surface area contributed by atoms with Crippen molar-refractivity contribution in [2.24, 2.45) is 0 Å². The Labute approximate surface area is 163 Å². The number of aromatic nitrogens is 1. The summed E-state index contributed by atoms with van der Waals surface area (Å²) in [7, 11) is -3.68. The van der Waals surface area contributed by atoms with Crippen LogP contribution in [0.5, 0.6) is 0 Å². The van der Waals surface area contributed by atoms with E-state index in [1.807, 2.05) is 0 Å². The Kier molecular flexibility index (Phi) is 6.35. The molecule has 8 heteroatoms. The van der Waals surface area contributed by atoms with Gasteiger partial charge in [0.25, 0.3) is 0 Å². The van der Waals surface area contributed by atoms with Crippen molar-refractivity contribution in [3.05, 3.63) is 72.3 Å². The van der Waals surface area contributed by atoms with Gasteiger partial charge in [-0.05, 0) is 48.2 Å². The van der Waals surface area contributed by atoms with Gasteiger partial charge >= 0.3 is 0 Å². The molecule has 148 valence electrons. The van der Waals surface area contributed by atoms with Crippen LogP contribution in [-0.2, 0) is 10.0 Å². The number of hydrogen-bond donors (Lipinski definition) is 3. The van der Waals surface area contributed by atoms with E-state index in [1.165, 1.54) is 18.2 Å². The normalized spacial score (nSPS) is 14.1. The Morgan fingerprint density at radius 3 is 2.71 bits per heavy atom. The van der Waals surface area contributed by atoms with Crippen LogP contribution >= 0.6 is 0 Å². The zero-order valence-electron chi connectivity index (χ0n) is 15.3. The average Bonchev–Trinajstić information content (AvgIpc) is 2.67. The molecule has 3 rings (SSSR count). The van der Waals surface area contributed by atoms with Gasteiger partial charge in [-0.1, -0.05) is 18.2 Å². The van der Waals surface area contributed by atoms with Gasteiger partial charge in [-0.15, -0.1) is 0 Å². The second kappa shape index (κ2) is 8.74. The quantitative estimate of drug-likeness (QED) is 0.537. The highest BCUT2D eigenvalue weighted by molar-refractivity contribution is 7.89. The summed E-state index contributed by atoms with van der Waals surface area (Å²) in [5, 5.41) is 14.8. The number of rotatable bonds is 8. The Bertz CT molecular complexity index is 1060. The van der Waals surface area contributed by atoms with Crippen LogP contribution in [0.15, 0.2) is 65.8 Å². The monoisotopic (exact) mass is 403 g/mol. The molecule has 1 aromatic heterocycles. The largest absolute Gasteiger partial charge is 0.387 e. The van der Waals surface area contributed by atoms with Crippen LogP contribution in [0.25, 0.3) is 10.8 Å². The van der Waals surface area contributed by atoms with Gasteiger partial charge in [0, 0.05) is 36.9 Å². The van der Waals surface area contributed by atoms with Crippen LogP contribution in [0.3, 0.4) is 0 Å². The zero-order valence-corrected chi connectivity index (χ0v) is 16.2. The molecule has 0 saturated carbocycles. The summed E-state index contributed by atoms with van der Waals surface area (Å²) < 4.78 is 41.0. The van der Waals surface area contributed by atoms with Gasteiger partial charge in [0.05, 0.1) is 11.0 Å². The van der Waals surface area contributed by atoms with Crippen molar-refractivity contribution in [3.63, 3.8) is 0 Å². The fourth-order valence-electron chi connectivity index (χ4n) is 2.87. The minimum atomic E-state index is -3.68.